The molecule has 1 N–H and O–H groups in total. The topological polar surface area (TPSA) is 90.7 Å². The predicted octanol–water partition coefficient (Wildman–Crippen LogP) is 4.01. The highest BCUT2D eigenvalue weighted by Gasteiger charge is 2.25. The van der Waals surface area contributed by atoms with Crippen LogP contribution in [-0.4, -0.2) is 30.2 Å². The molecule has 1 aliphatic rings. The smallest absolute Gasteiger partial charge is 0.303 e. The van der Waals surface area contributed by atoms with Crippen molar-refractivity contribution in [3.8, 4) is 28.3 Å². The number of nitrogens with zero attached hydrogens (tertiary/aromatic N) is 1. The number of methoxy groups -OCH3 is 1. The third-order valence-electron chi connectivity index (χ3n) is 5.13. The molecular formula is C23H22N2O5. The number of carbonyl (C=O) groups excluding carboxylic acids is 2. The van der Waals surface area contributed by atoms with E-state index in [-0.39, 0.29) is 5.91 Å². The molecule has 4 rings (SSSR count). The van der Waals surface area contributed by atoms with E-state index in [0.29, 0.717) is 5.69 Å². The van der Waals surface area contributed by atoms with Gasteiger partial charge >= 0.3 is 5.97 Å². The normalized spacial score (nSPS) is 13.0. The summed E-state index contributed by atoms with van der Waals surface area (Å²) in [5.41, 5.74) is 5.69. The number of hydrogen-bond donors (Lipinski definition) is 1. The maximum absolute atomic E-state index is 12.1. The summed E-state index contributed by atoms with van der Waals surface area (Å²) in [6.07, 6.45) is 0.852. The molecule has 1 amide bonds. The first-order valence-electron chi connectivity index (χ1n) is 9.70. The van der Waals surface area contributed by atoms with Gasteiger partial charge in [-0.1, -0.05) is 5.16 Å². The van der Waals surface area contributed by atoms with Crippen LogP contribution in [0.2, 0.25) is 0 Å². The van der Waals surface area contributed by atoms with E-state index in [9.17, 15) is 9.59 Å². The Bertz CT molecular complexity index is 1100. The first-order chi connectivity index (χ1) is 14.5. The zero-order chi connectivity index (χ0) is 21.3. The van der Waals surface area contributed by atoms with Crippen molar-refractivity contribution in [2.24, 2.45) is 0 Å². The number of nitrogens with one attached hydrogen (secondary N) is 1. The third-order valence-corrected chi connectivity index (χ3v) is 5.13. The Morgan fingerprint density at radius 2 is 1.90 bits per heavy atom. The molecule has 3 aromatic rings. The van der Waals surface area contributed by atoms with E-state index < -0.39 is 12.1 Å². The standard InChI is InChI=1S/C23H22N2O5/c1-13(29-14(2)26)23(27)24-17-7-4-15(5-8-17)22-20-10-6-16-12-18(28-3)9-11-19(16)21(20)25-30-22/h4-5,7-9,11-13H,6,10H2,1-3H3,(H,24,27)/t13-/m0/s1. The lowest BCUT2D eigenvalue weighted by atomic mass is 9.88. The molecule has 0 bridgehead atoms. The fourth-order valence-corrected chi connectivity index (χ4v) is 3.63. The summed E-state index contributed by atoms with van der Waals surface area (Å²) in [5, 5.41) is 7.05. The van der Waals surface area contributed by atoms with Gasteiger partial charge in [-0.2, -0.15) is 0 Å². The van der Waals surface area contributed by atoms with Crippen molar-refractivity contribution in [3.05, 3.63) is 53.6 Å². The average molecular weight is 406 g/mol. The highest BCUT2D eigenvalue weighted by Crippen LogP contribution is 2.39. The molecule has 7 heteroatoms. The molecule has 0 saturated heterocycles. The number of benzene rings is 2. The highest BCUT2D eigenvalue weighted by atomic mass is 16.5. The van der Waals surface area contributed by atoms with E-state index in [1.165, 1.54) is 19.4 Å². The zero-order valence-electron chi connectivity index (χ0n) is 17.0. The maximum Gasteiger partial charge on any atom is 0.303 e. The van der Waals surface area contributed by atoms with Crippen molar-refractivity contribution < 1.29 is 23.6 Å². The monoisotopic (exact) mass is 406 g/mol. The van der Waals surface area contributed by atoms with Crippen molar-refractivity contribution in [1.29, 1.82) is 0 Å². The Hall–Kier alpha value is -3.61. The second kappa shape index (κ2) is 8.02. The van der Waals surface area contributed by atoms with E-state index in [1.54, 1.807) is 19.2 Å². The van der Waals surface area contributed by atoms with Crippen LogP contribution < -0.4 is 10.1 Å². The van der Waals surface area contributed by atoms with Gasteiger partial charge in [0.25, 0.3) is 5.91 Å². The molecule has 1 atom stereocenters. The van der Waals surface area contributed by atoms with Crippen LogP contribution in [0.25, 0.3) is 22.6 Å². The zero-order valence-corrected chi connectivity index (χ0v) is 17.0. The lowest BCUT2D eigenvalue weighted by molar-refractivity contribution is -0.150. The molecule has 0 radical (unpaired) electrons. The number of fused-ring (bicyclic) bond motifs is 3. The minimum Gasteiger partial charge on any atom is -0.497 e. The molecule has 1 aromatic heterocycles. The number of rotatable bonds is 5. The summed E-state index contributed by atoms with van der Waals surface area (Å²) in [6.45, 7) is 2.80. The summed E-state index contributed by atoms with van der Waals surface area (Å²) >= 11 is 0. The van der Waals surface area contributed by atoms with Crippen LogP contribution in [0.15, 0.2) is 47.0 Å². The summed E-state index contributed by atoms with van der Waals surface area (Å²) in [4.78, 5) is 23.1. The summed E-state index contributed by atoms with van der Waals surface area (Å²) in [5.74, 6) is 0.685. The fraction of sp³-hybridized carbons (Fsp3) is 0.261. The largest absolute Gasteiger partial charge is 0.497 e. The maximum atomic E-state index is 12.1. The van der Waals surface area contributed by atoms with E-state index >= 15 is 0 Å². The van der Waals surface area contributed by atoms with Gasteiger partial charge in [0, 0.05) is 29.3 Å². The number of aryl methyl sites for hydroxylation is 1. The van der Waals surface area contributed by atoms with E-state index in [0.717, 1.165) is 46.7 Å². The fourth-order valence-electron chi connectivity index (χ4n) is 3.63. The first kappa shape index (κ1) is 19.7. The highest BCUT2D eigenvalue weighted by molar-refractivity contribution is 5.95. The van der Waals surface area contributed by atoms with E-state index in [4.69, 9.17) is 14.0 Å². The molecule has 154 valence electrons. The Morgan fingerprint density at radius 3 is 2.60 bits per heavy atom. The van der Waals surface area contributed by atoms with Crippen molar-refractivity contribution >= 4 is 17.6 Å². The molecule has 7 nitrogen and oxygen atoms in total. The molecule has 1 heterocycles. The van der Waals surface area contributed by atoms with Gasteiger partial charge in [-0.15, -0.1) is 0 Å². The molecule has 30 heavy (non-hydrogen) atoms. The van der Waals surface area contributed by atoms with Gasteiger partial charge in [0.15, 0.2) is 11.9 Å². The Labute approximate surface area is 174 Å². The molecule has 1 aliphatic carbocycles. The van der Waals surface area contributed by atoms with Gasteiger partial charge in [0.2, 0.25) is 0 Å². The third kappa shape index (κ3) is 3.78. The summed E-state index contributed by atoms with van der Waals surface area (Å²) in [7, 11) is 1.66. The quantitative estimate of drug-likeness (QED) is 0.644. The summed E-state index contributed by atoms with van der Waals surface area (Å²) < 4.78 is 15.9. The summed E-state index contributed by atoms with van der Waals surface area (Å²) in [6, 6.07) is 13.3. The van der Waals surface area contributed by atoms with Crippen LogP contribution in [0, 0.1) is 0 Å². The van der Waals surface area contributed by atoms with E-state index in [2.05, 4.69) is 10.5 Å². The number of amides is 1. The molecular weight excluding hydrogens is 384 g/mol. The van der Waals surface area contributed by atoms with Crippen molar-refractivity contribution in [1.82, 2.24) is 5.16 Å². The molecule has 0 aliphatic heterocycles. The molecule has 2 aromatic carbocycles. The molecule has 0 spiro atoms. The van der Waals surface area contributed by atoms with Crippen molar-refractivity contribution in [2.45, 2.75) is 32.8 Å². The first-order valence-corrected chi connectivity index (χ1v) is 9.70. The number of esters is 1. The minimum absolute atomic E-state index is 0.387. The molecule has 0 unspecified atom stereocenters. The van der Waals surface area contributed by atoms with Crippen molar-refractivity contribution in [3.63, 3.8) is 0 Å². The van der Waals surface area contributed by atoms with Crippen LogP contribution in [0.1, 0.15) is 25.0 Å². The Morgan fingerprint density at radius 1 is 1.13 bits per heavy atom. The minimum atomic E-state index is -0.859. The van der Waals surface area contributed by atoms with Gasteiger partial charge in [-0.05, 0) is 67.8 Å². The molecule has 0 saturated carbocycles. The molecule has 0 fully saturated rings. The second-order valence-electron chi connectivity index (χ2n) is 7.18. The van der Waals surface area contributed by atoms with Gasteiger partial charge < -0.3 is 19.3 Å². The van der Waals surface area contributed by atoms with E-state index in [1.807, 2.05) is 30.3 Å². The lowest BCUT2D eigenvalue weighted by Gasteiger charge is -2.16. The Kier molecular flexibility index (Phi) is 5.27. The SMILES string of the molecule is COc1ccc2c(c1)CCc1c-2noc1-c1ccc(NC(=O)[C@H](C)OC(C)=O)cc1. The Balaban J connectivity index is 1.54. The second-order valence-corrected chi connectivity index (χ2v) is 7.18. The van der Waals surface area contributed by atoms with Crippen LogP contribution in [0.4, 0.5) is 5.69 Å². The number of hydrogen-bond acceptors (Lipinski definition) is 6. The van der Waals surface area contributed by atoms with Gasteiger partial charge in [0.1, 0.15) is 11.4 Å². The average Bonchev–Trinajstić information content (AvgIpc) is 3.17. The van der Waals surface area contributed by atoms with Crippen LogP contribution in [-0.2, 0) is 27.2 Å². The van der Waals surface area contributed by atoms with Crippen LogP contribution in [0.5, 0.6) is 5.75 Å². The van der Waals surface area contributed by atoms with Gasteiger partial charge in [-0.25, -0.2) is 0 Å². The van der Waals surface area contributed by atoms with Gasteiger partial charge in [-0.3, -0.25) is 9.59 Å². The van der Waals surface area contributed by atoms with Crippen LogP contribution >= 0.6 is 0 Å². The number of aromatic nitrogens is 1. The van der Waals surface area contributed by atoms with Crippen molar-refractivity contribution in [2.75, 3.05) is 12.4 Å². The predicted molar refractivity (Wildman–Crippen MR) is 111 cm³/mol. The van der Waals surface area contributed by atoms with Gasteiger partial charge in [0.05, 0.1) is 7.11 Å². The number of carbonyl (C=O) groups is 2. The number of anilines is 1. The lowest BCUT2D eigenvalue weighted by Crippen LogP contribution is -2.29. The van der Waals surface area contributed by atoms with Crippen LogP contribution in [0.3, 0.4) is 0 Å². The number of ether oxygens (including phenoxy) is 2.